The van der Waals surface area contributed by atoms with Gasteiger partial charge in [0.15, 0.2) is 5.16 Å². The van der Waals surface area contributed by atoms with E-state index in [1.165, 1.54) is 11.8 Å². The third kappa shape index (κ3) is 5.05. The van der Waals surface area contributed by atoms with Gasteiger partial charge in [-0.05, 0) is 45.4 Å². The number of thioether (sulfide) groups is 1. The average Bonchev–Trinajstić information content (AvgIpc) is 2.92. The number of carbonyl (C=O) groups is 1. The first-order chi connectivity index (χ1) is 10.4. The summed E-state index contributed by atoms with van der Waals surface area (Å²) >= 11 is 1.54. The number of aromatic nitrogens is 2. The van der Waals surface area contributed by atoms with E-state index >= 15 is 0 Å². The molecule has 1 amide bonds. The Bertz CT molecular complexity index is 519. The van der Waals surface area contributed by atoms with Gasteiger partial charge in [-0.3, -0.25) is 0 Å². The lowest BCUT2D eigenvalue weighted by Crippen LogP contribution is -2.36. The van der Waals surface area contributed by atoms with E-state index in [2.05, 4.69) is 20.2 Å². The number of carbonyl (C=O) groups excluding carboxylic acids is 1. The lowest BCUT2D eigenvalue weighted by Gasteiger charge is -2.21. The number of hydrogen-bond donors (Lipinski definition) is 1. The molecule has 1 atom stereocenters. The molecule has 0 aromatic carbocycles. The second-order valence-electron chi connectivity index (χ2n) is 6.39. The summed E-state index contributed by atoms with van der Waals surface area (Å²) in [6.45, 7) is 8.06. The summed E-state index contributed by atoms with van der Waals surface area (Å²) in [4.78, 5) is 22.6. The number of amides is 1. The Labute approximate surface area is 136 Å². The summed E-state index contributed by atoms with van der Waals surface area (Å²) in [5.74, 6) is 1.37. The molecule has 0 saturated carbocycles. The van der Waals surface area contributed by atoms with E-state index in [0.29, 0.717) is 12.5 Å². The van der Waals surface area contributed by atoms with E-state index in [4.69, 9.17) is 4.74 Å². The summed E-state index contributed by atoms with van der Waals surface area (Å²) < 4.78 is 5.25. The van der Waals surface area contributed by atoms with Crippen molar-refractivity contribution in [1.82, 2.24) is 15.3 Å². The van der Waals surface area contributed by atoms with Gasteiger partial charge in [0.2, 0.25) is 0 Å². The third-order valence-corrected chi connectivity index (χ3v) is 3.91. The van der Waals surface area contributed by atoms with Crippen molar-refractivity contribution in [2.24, 2.45) is 5.92 Å². The van der Waals surface area contributed by atoms with Gasteiger partial charge < -0.3 is 15.0 Å². The molecule has 1 aliphatic heterocycles. The summed E-state index contributed by atoms with van der Waals surface area (Å²) in [6.07, 6.45) is 4.45. The van der Waals surface area contributed by atoms with Crippen LogP contribution in [0.2, 0.25) is 0 Å². The SMILES string of the molecule is CSc1nccc(N2CC[C@@H](CNC(=O)OC(C)(C)C)C2)n1. The molecule has 1 N–H and O–H groups in total. The van der Waals surface area contributed by atoms with Gasteiger partial charge >= 0.3 is 6.09 Å². The van der Waals surface area contributed by atoms with E-state index in [1.807, 2.05) is 33.1 Å². The zero-order chi connectivity index (χ0) is 16.2. The minimum absolute atomic E-state index is 0.349. The molecule has 0 radical (unpaired) electrons. The standard InChI is InChI=1S/C15H24N4O2S/c1-15(2,3)21-14(20)17-9-11-6-8-19(10-11)12-5-7-16-13(18-12)22-4/h5,7,11H,6,8-10H2,1-4H3,(H,17,20)/t11-/m0/s1. The number of nitrogens with zero attached hydrogens (tertiary/aromatic N) is 3. The maximum Gasteiger partial charge on any atom is 0.407 e. The molecule has 1 fully saturated rings. The average molecular weight is 324 g/mol. The van der Waals surface area contributed by atoms with Crippen molar-refractivity contribution >= 4 is 23.7 Å². The molecule has 1 aliphatic rings. The van der Waals surface area contributed by atoms with Crippen LogP contribution < -0.4 is 10.2 Å². The minimum atomic E-state index is -0.457. The number of ether oxygens (including phenoxy) is 1. The van der Waals surface area contributed by atoms with E-state index in [9.17, 15) is 4.79 Å². The molecule has 1 saturated heterocycles. The Morgan fingerprint density at radius 1 is 1.55 bits per heavy atom. The van der Waals surface area contributed by atoms with E-state index < -0.39 is 5.60 Å². The summed E-state index contributed by atoms with van der Waals surface area (Å²) in [7, 11) is 0. The molecule has 7 heteroatoms. The molecular formula is C15H24N4O2S. The fourth-order valence-electron chi connectivity index (χ4n) is 2.36. The predicted molar refractivity (Wildman–Crippen MR) is 88.4 cm³/mol. The summed E-state index contributed by atoms with van der Waals surface area (Å²) in [5, 5.41) is 3.64. The van der Waals surface area contributed by atoms with E-state index in [1.54, 1.807) is 6.20 Å². The Balaban J connectivity index is 1.81. The van der Waals surface area contributed by atoms with Crippen LogP contribution in [0.4, 0.5) is 10.6 Å². The Kier molecular flexibility index (Phi) is 5.50. The van der Waals surface area contributed by atoms with Crippen LogP contribution >= 0.6 is 11.8 Å². The molecule has 22 heavy (non-hydrogen) atoms. The van der Waals surface area contributed by atoms with Crippen LogP contribution in [0.1, 0.15) is 27.2 Å². The zero-order valence-electron chi connectivity index (χ0n) is 13.6. The van der Waals surface area contributed by atoms with Crippen molar-refractivity contribution in [3.05, 3.63) is 12.3 Å². The molecule has 0 unspecified atom stereocenters. The molecule has 122 valence electrons. The van der Waals surface area contributed by atoms with Gasteiger partial charge in [0.25, 0.3) is 0 Å². The predicted octanol–water partition coefficient (Wildman–Crippen LogP) is 2.55. The van der Waals surface area contributed by atoms with Crippen LogP contribution in [-0.2, 0) is 4.74 Å². The van der Waals surface area contributed by atoms with Crippen molar-refractivity contribution in [3.63, 3.8) is 0 Å². The van der Waals surface area contributed by atoms with Crippen molar-refractivity contribution < 1.29 is 9.53 Å². The van der Waals surface area contributed by atoms with E-state index in [-0.39, 0.29) is 6.09 Å². The smallest absolute Gasteiger partial charge is 0.407 e. The number of hydrogen-bond acceptors (Lipinski definition) is 6. The number of anilines is 1. The van der Waals surface area contributed by atoms with Gasteiger partial charge in [0.1, 0.15) is 11.4 Å². The molecule has 0 spiro atoms. The topological polar surface area (TPSA) is 67.4 Å². The highest BCUT2D eigenvalue weighted by Gasteiger charge is 2.25. The van der Waals surface area contributed by atoms with Gasteiger partial charge in [-0.1, -0.05) is 11.8 Å². The molecule has 2 heterocycles. The second kappa shape index (κ2) is 7.17. The first-order valence-electron chi connectivity index (χ1n) is 7.46. The molecule has 6 nitrogen and oxygen atoms in total. The summed E-state index contributed by atoms with van der Waals surface area (Å²) in [6, 6.07) is 1.93. The minimum Gasteiger partial charge on any atom is -0.444 e. The molecule has 1 aromatic heterocycles. The molecule has 1 aromatic rings. The third-order valence-electron chi connectivity index (χ3n) is 3.35. The van der Waals surface area contributed by atoms with Crippen molar-refractivity contribution in [1.29, 1.82) is 0 Å². The van der Waals surface area contributed by atoms with Crippen molar-refractivity contribution in [2.45, 2.75) is 37.9 Å². The van der Waals surface area contributed by atoms with Gasteiger partial charge in [-0.2, -0.15) is 0 Å². The van der Waals surface area contributed by atoms with Crippen LogP contribution in [0.3, 0.4) is 0 Å². The molecule has 0 bridgehead atoms. The number of alkyl carbamates (subject to hydrolysis) is 1. The molecule has 0 aliphatic carbocycles. The molecule has 2 rings (SSSR count). The van der Waals surface area contributed by atoms with Crippen LogP contribution in [0.15, 0.2) is 17.4 Å². The Morgan fingerprint density at radius 2 is 2.32 bits per heavy atom. The fourth-order valence-corrected chi connectivity index (χ4v) is 2.71. The second-order valence-corrected chi connectivity index (χ2v) is 7.16. The summed E-state index contributed by atoms with van der Waals surface area (Å²) in [5.41, 5.74) is -0.457. The number of rotatable bonds is 4. The largest absolute Gasteiger partial charge is 0.444 e. The zero-order valence-corrected chi connectivity index (χ0v) is 14.4. The van der Waals surface area contributed by atoms with E-state index in [0.717, 1.165) is 30.5 Å². The van der Waals surface area contributed by atoms with Crippen molar-refractivity contribution in [3.8, 4) is 0 Å². The normalized spacial score (nSPS) is 18.4. The van der Waals surface area contributed by atoms with Crippen LogP contribution in [-0.4, -0.2) is 47.6 Å². The van der Waals surface area contributed by atoms with Gasteiger partial charge in [-0.25, -0.2) is 14.8 Å². The highest BCUT2D eigenvalue weighted by Crippen LogP contribution is 2.23. The number of nitrogens with one attached hydrogen (secondary N) is 1. The van der Waals surface area contributed by atoms with Gasteiger partial charge in [0.05, 0.1) is 0 Å². The quantitative estimate of drug-likeness (QED) is 0.678. The van der Waals surface area contributed by atoms with Gasteiger partial charge in [-0.15, -0.1) is 0 Å². The maximum atomic E-state index is 11.7. The van der Waals surface area contributed by atoms with Crippen LogP contribution in [0.25, 0.3) is 0 Å². The van der Waals surface area contributed by atoms with Crippen LogP contribution in [0, 0.1) is 5.92 Å². The maximum absolute atomic E-state index is 11.7. The van der Waals surface area contributed by atoms with Gasteiger partial charge in [0, 0.05) is 25.8 Å². The molecular weight excluding hydrogens is 300 g/mol. The first kappa shape index (κ1) is 16.9. The lowest BCUT2D eigenvalue weighted by molar-refractivity contribution is 0.0520. The highest BCUT2D eigenvalue weighted by molar-refractivity contribution is 7.98. The Morgan fingerprint density at radius 3 is 3.00 bits per heavy atom. The highest BCUT2D eigenvalue weighted by atomic mass is 32.2. The Hall–Kier alpha value is -1.50. The fraction of sp³-hybridized carbons (Fsp3) is 0.667. The lowest BCUT2D eigenvalue weighted by atomic mass is 10.1. The monoisotopic (exact) mass is 324 g/mol. The van der Waals surface area contributed by atoms with Crippen molar-refractivity contribution in [2.75, 3.05) is 30.8 Å². The first-order valence-corrected chi connectivity index (χ1v) is 8.68. The van der Waals surface area contributed by atoms with Crippen LogP contribution in [0.5, 0.6) is 0 Å².